The number of nitrogens with one attached hydrogen (secondary N) is 1. The van der Waals surface area contributed by atoms with Crippen molar-refractivity contribution < 1.29 is 14.7 Å². The molecule has 116 valence electrons. The number of aliphatic carboxylic acids is 1. The zero-order valence-corrected chi connectivity index (χ0v) is 12.7. The number of aromatic nitrogens is 2. The van der Waals surface area contributed by atoms with Crippen LogP contribution in [0.2, 0.25) is 0 Å². The summed E-state index contributed by atoms with van der Waals surface area (Å²) in [7, 11) is 0. The normalized spacial score (nSPS) is 16.2. The van der Waals surface area contributed by atoms with Crippen molar-refractivity contribution in [2.45, 2.75) is 46.3 Å². The summed E-state index contributed by atoms with van der Waals surface area (Å²) in [4.78, 5) is 29.2. The third kappa shape index (κ3) is 3.74. The molecule has 1 atom stereocenters. The zero-order chi connectivity index (χ0) is 15.6. The van der Waals surface area contributed by atoms with E-state index in [9.17, 15) is 9.59 Å². The van der Waals surface area contributed by atoms with Crippen molar-refractivity contribution in [1.82, 2.24) is 19.8 Å². The molecule has 1 unspecified atom stereocenters. The Morgan fingerprint density at radius 1 is 1.43 bits per heavy atom. The summed E-state index contributed by atoms with van der Waals surface area (Å²) in [5.74, 6) is -0.0636. The molecule has 1 aromatic rings. The lowest BCUT2D eigenvalue weighted by molar-refractivity contribution is -0.138. The molecule has 7 nitrogen and oxygen atoms in total. The van der Waals surface area contributed by atoms with Gasteiger partial charge in [-0.05, 0) is 5.41 Å². The fourth-order valence-corrected chi connectivity index (χ4v) is 2.34. The maximum atomic E-state index is 12.4. The summed E-state index contributed by atoms with van der Waals surface area (Å²) in [5.41, 5.74) is -0.317. The Balaban J connectivity index is 2.01. The van der Waals surface area contributed by atoms with Crippen LogP contribution in [0.4, 0.5) is 4.79 Å². The Kier molecular flexibility index (Phi) is 4.20. The van der Waals surface area contributed by atoms with E-state index in [0.717, 1.165) is 5.82 Å². The van der Waals surface area contributed by atoms with Crippen LogP contribution in [0.5, 0.6) is 0 Å². The van der Waals surface area contributed by atoms with Gasteiger partial charge in [-0.25, -0.2) is 9.78 Å². The number of imidazole rings is 1. The molecule has 0 radical (unpaired) electrons. The van der Waals surface area contributed by atoms with Gasteiger partial charge in [0.25, 0.3) is 0 Å². The van der Waals surface area contributed by atoms with Gasteiger partial charge in [-0.1, -0.05) is 20.8 Å². The second-order valence-corrected chi connectivity index (χ2v) is 6.42. The Labute approximate surface area is 124 Å². The maximum Gasteiger partial charge on any atom is 0.318 e. The lowest BCUT2D eigenvalue weighted by Crippen LogP contribution is -2.51. The standard InChI is InChI=1S/C14H22N4O3/c1-14(2,3)10(8-12(19)20)16-13(21)18-7-6-17-5-4-15-11(17)9-18/h4-5,10H,6-9H2,1-3H3,(H,16,21)(H,19,20). The molecule has 0 fully saturated rings. The summed E-state index contributed by atoms with van der Waals surface area (Å²) in [5, 5.41) is 11.8. The quantitative estimate of drug-likeness (QED) is 0.879. The van der Waals surface area contributed by atoms with Gasteiger partial charge in [0, 0.05) is 31.5 Å². The van der Waals surface area contributed by atoms with E-state index < -0.39 is 12.0 Å². The van der Waals surface area contributed by atoms with Gasteiger partial charge in [0.15, 0.2) is 0 Å². The van der Waals surface area contributed by atoms with Gasteiger partial charge in [-0.3, -0.25) is 4.79 Å². The zero-order valence-electron chi connectivity index (χ0n) is 12.7. The van der Waals surface area contributed by atoms with E-state index in [1.807, 2.05) is 31.5 Å². The summed E-state index contributed by atoms with van der Waals surface area (Å²) in [6, 6.07) is -0.644. The number of urea groups is 1. The van der Waals surface area contributed by atoms with E-state index in [4.69, 9.17) is 5.11 Å². The molecule has 1 aliphatic heterocycles. The number of hydrogen-bond donors (Lipinski definition) is 2. The van der Waals surface area contributed by atoms with E-state index in [1.165, 1.54) is 0 Å². The number of nitrogens with zero attached hydrogens (tertiary/aromatic N) is 3. The highest BCUT2D eigenvalue weighted by molar-refractivity contribution is 5.76. The Hall–Kier alpha value is -2.05. The molecule has 21 heavy (non-hydrogen) atoms. The van der Waals surface area contributed by atoms with Crippen LogP contribution in [-0.4, -0.2) is 44.1 Å². The fraction of sp³-hybridized carbons (Fsp3) is 0.643. The smallest absolute Gasteiger partial charge is 0.318 e. The highest BCUT2D eigenvalue weighted by Crippen LogP contribution is 2.22. The second kappa shape index (κ2) is 5.75. The monoisotopic (exact) mass is 294 g/mol. The molecular formula is C14H22N4O3. The first-order valence-electron chi connectivity index (χ1n) is 7.04. The van der Waals surface area contributed by atoms with E-state index in [1.54, 1.807) is 11.1 Å². The van der Waals surface area contributed by atoms with E-state index >= 15 is 0 Å². The van der Waals surface area contributed by atoms with Gasteiger partial charge in [0.2, 0.25) is 0 Å². The minimum absolute atomic E-state index is 0.0856. The van der Waals surface area contributed by atoms with E-state index in [2.05, 4.69) is 10.3 Å². The number of fused-ring (bicyclic) bond motifs is 1. The number of carbonyl (C=O) groups excluding carboxylic acids is 1. The van der Waals surface area contributed by atoms with E-state index in [-0.39, 0.29) is 17.9 Å². The fourth-order valence-electron chi connectivity index (χ4n) is 2.34. The van der Waals surface area contributed by atoms with Gasteiger partial charge in [0.1, 0.15) is 5.82 Å². The van der Waals surface area contributed by atoms with Gasteiger partial charge in [-0.2, -0.15) is 0 Å². The second-order valence-electron chi connectivity index (χ2n) is 6.42. The molecule has 1 aromatic heterocycles. The van der Waals surface area contributed by atoms with Crippen LogP contribution in [0.15, 0.2) is 12.4 Å². The molecule has 2 heterocycles. The maximum absolute atomic E-state index is 12.4. The van der Waals surface area contributed by atoms with Crippen LogP contribution in [0.3, 0.4) is 0 Å². The molecule has 0 spiro atoms. The lowest BCUT2D eigenvalue weighted by atomic mass is 9.85. The summed E-state index contributed by atoms with van der Waals surface area (Å²) in [6.45, 7) is 7.52. The van der Waals surface area contributed by atoms with Crippen molar-refractivity contribution in [3.63, 3.8) is 0 Å². The molecule has 7 heteroatoms. The van der Waals surface area contributed by atoms with Gasteiger partial charge in [0.05, 0.1) is 13.0 Å². The largest absolute Gasteiger partial charge is 0.481 e. The topological polar surface area (TPSA) is 87.5 Å². The van der Waals surface area contributed by atoms with Crippen molar-refractivity contribution in [1.29, 1.82) is 0 Å². The first-order valence-corrected chi connectivity index (χ1v) is 7.04. The summed E-state index contributed by atoms with van der Waals surface area (Å²) in [6.07, 6.45) is 3.53. The number of carboxylic acid groups (broad SMARTS) is 1. The van der Waals surface area contributed by atoms with Crippen LogP contribution < -0.4 is 5.32 Å². The van der Waals surface area contributed by atoms with Gasteiger partial charge < -0.3 is 19.9 Å². The minimum Gasteiger partial charge on any atom is -0.481 e. The molecule has 0 saturated heterocycles. The molecule has 2 rings (SSSR count). The van der Waals surface area contributed by atoms with Crippen LogP contribution in [0.1, 0.15) is 33.0 Å². The number of rotatable bonds is 3. The predicted octanol–water partition coefficient (Wildman–Crippen LogP) is 1.30. The Morgan fingerprint density at radius 3 is 2.76 bits per heavy atom. The first-order chi connectivity index (χ1) is 9.77. The molecule has 0 bridgehead atoms. The number of hydrogen-bond acceptors (Lipinski definition) is 3. The Morgan fingerprint density at radius 2 is 2.14 bits per heavy atom. The third-order valence-corrected chi connectivity index (χ3v) is 3.75. The highest BCUT2D eigenvalue weighted by Gasteiger charge is 2.31. The van der Waals surface area contributed by atoms with Crippen LogP contribution in [-0.2, 0) is 17.9 Å². The third-order valence-electron chi connectivity index (χ3n) is 3.75. The van der Waals surface area contributed by atoms with Crippen LogP contribution in [0.25, 0.3) is 0 Å². The van der Waals surface area contributed by atoms with Crippen molar-refractivity contribution in [2.75, 3.05) is 6.54 Å². The molecule has 0 saturated carbocycles. The van der Waals surface area contributed by atoms with Crippen molar-refractivity contribution in [2.24, 2.45) is 5.41 Å². The van der Waals surface area contributed by atoms with Crippen molar-refractivity contribution in [3.8, 4) is 0 Å². The Bertz CT molecular complexity index is 533. The summed E-state index contributed by atoms with van der Waals surface area (Å²) >= 11 is 0. The predicted molar refractivity (Wildman–Crippen MR) is 76.7 cm³/mol. The molecule has 1 aliphatic rings. The van der Waals surface area contributed by atoms with E-state index in [0.29, 0.717) is 19.6 Å². The van der Waals surface area contributed by atoms with Crippen molar-refractivity contribution >= 4 is 12.0 Å². The number of carboxylic acids is 1. The highest BCUT2D eigenvalue weighted by atomic mass is 16.4. The average Bonchev–Trinajstić information content (AvgIpc) is 2.83. The number of carbonyl (C=O) groups is 2. The minimum atomic E-state index is -0.913. The molecule has 2 amide bonds. The van der Waals surface area contributed by atoms with Gasteiger partial charge in [-0.15, -0.1) is 0 Å². The van der Waals surface area contributed by atoms with Crippen LogP contribution >= 0.6 is 0 Å². The van der Waals surface area contributed by atoms with Crippen molar-refractivity contribution in [3.05, 3.63) is 18.2 Å². The first kappa shape index (κ1) is 15.3. The molecular weight excluding hydrogens is 272 g/mol. The molecule has 0 aromatic carbocycles. The summed E-state index contributed by atoms with van der Waals surface area (Å²) < 4.78 is 2.02. The lowest BCUT2D eigenvalue weighted by Gasteiger charge is -2.34. The molecule has 0 aliphatic carbocycles. The van der Waals surface area contributed by atoms with Gasteiger partial charge >= 0.3 is 12.0 Å². The molecule has 2 N–H and O–H groups in total. The van der Waals surface area contributed by atoms with Crippen LogP contribution in [0, 0.1) is 5.41 Å². The average molecular weight is 294 g/mol. The SMILES string of the molecule is CC(C)(C)C(CC(=O)O)NC(=O)N1CCn2ccnc2C1. The number of amides is 2.